The van der Waals surface area contributed by atoms with Crippen molar-refractivity contribution in [1.29, 1.82) is 0 Å². The first-order valence-corrected chi connectivity index (χ1v) is 10.8. The van der Waals surface area contributed by atoms with Crippen LogP contribution in [0.5, 0.6) is 0 Å². The van der Waals surface area contributed by atoms with Crippen LogP contribution in [-0.4, -0.2) is 6.15 Å². The highest BCUT2D eigenvalue weighted by molar-refractivity contribution is 8.00. The molecule has 30 heavy (non-hydrogen) atoms. The van der Waals surface area contributed by atoms with Gasteiger partial charge >= 0.3 is 6.20 Å². The molecule has 0 N–H and O–H groups in total. The van der Waals surface area contributed by atoms with E-state index < -0.39 is 6.15 Å². The second kappa shape index (κ2) is 9.84. The first kappa shape index (κ1) is 19.8. The Kier molecular flexibility index (Phi) is 6.51. The summed E-state index contributed by atoms with van der Waals surface area (Å²) in [7, 11) is 0. The molecular formula is C26H21BN2S. The average molecular weight is 404 g/mol. The van der Waals surface area contributed by atoms with Crippen LogP contribution in [0.25, 0.3) is 0 Å². The van der Waals surface area contributed by atoms with Crippen LogP contribution in [0.1, 0.15) is 0 Å². The summed E-state index contributed by atoms with van der Waals surface area (Å²) < 4.78 is 3.46. The van der Waals surface area contributed by atoms with Gasteiger partial charge in [-0.2, -0.15) is 21.9 Å². The molecule has 144 valence electrons. The van der Waals surface area contributed by atoms with Crippen molar-refractivity contribution in [1.82, 2.24) is 0 Å². The topological polar surface area (TPSA) is 24.7 Å². The van der Waals surface area contributed by atoms with Gasteiger partial charge in [0.25, 0.3) is 5.41 Å². The van der Waals surface area contributed by atoms with Gasteiger partial charge < -0.3 is 0 Å². The Labute approximate surface area is 182 Å². The van der Waals surface area contributed by atoms with Crippen LogP contribution in [-0.2, 0) is 0 Å². The van der Waals surface area contributed by atoms with Gasteiger partial charge in [0.2, 0.25) is 0 Å². The van der Waals surface area contributed by atoms with Gasteiger partial charge in [0.1, 0.15) is 11.3 Å². The first-order chi connectivity index (χ1) is 14.9. The summed E-state index contributed by atoms with van der Waals surface area (Å²) in [5.41, 5.74) is 5.36. The van der Waals surface area contributed by atoms with E-state index in [0.717, 1.165) is 0 Å². The Hall–Kier alpha value is -3.46. The van der Waals surface area contributed by atoms with E-state index in [0.29, 0.717) is 0 Å². The van der Waals surface area contributed by atoms with Crippen molar-refractivity contribution in [3.05, 3.63) is 133 Å². The lowest BCUT2D eigenvalue weighted by Crippen LogP contribution is -2.74. The molecule has 2 nitrogen and oxygen atoms in total. The van der Waals surface area contributed by atoms with Crippen molar-refractivity contribution in [3.63, 3.8) is 0 Å². The van der Waals surface area contributed by atoms with Gasteiger partial charge in [0, 0.05) is 0 Å². The fourth-order valence-electron chi connectivity index (χ4n) is 4.24. The van der Waals surface area contributed by atoms with Crippen LogP contribution in [0, 0.1) is 6.20 Å². The van der Waals surface area contributed by atoms with Gasteiger partial charge in [-0.15, -0.1) is 0 Å². The van der Waals surface area contributed by atoms with Crippen LogP contribution in [0.2, 0.25) is 0 Å². The third-order valence-electron chi connectivity index (χ3n) is 5.45. The second-order valence-electron chi connectivity index (χ2n) is 7.04. The molecular weight excluding hydrogens is 383 g/mol. The fraction of sp³-hybridized carbons (Fsp3) is 0. The minimum Gasteiger partial charge on any atom is -0.195 e. The molecule has 0 fully saturated rings. The zero-order valence-electron chi connectivity index (χ0n) is 16.5. The van der Waals surface area contributed by atoms with Crippen LogP contribution < -0.4 is 21.9 Å². The van der Waals surface area contributed by atoms with E-state index >= 15 is 0 Å². The zero-order valence-corrected chi connectivity index (χ0v) is 17.3. The lowest BCUT2D eigenvalue weighted by molar-refractivity contribution is 1.33. The Balaban J connectivity index is 0.000000383. The van der Waals surface area contributed by atoms with E-state index in [1.165, 1.54) is 33.8 Å². The summed E-state index contributed by atoms with van der Waals surface area (Å²) in [4.78, 5) is 0. The molecule has 0 spiro atoms. The SMILES string of the molecule is [C+]1=CSN=N1.c1ccc([B-](c2ccccc2)(c2ccccc2)c2ccccc2)cc1. The van der Waals surface area contributed by atoms with Crippen LogP contribution >= 0.6 is 11.9 Å². The van der Waals surface area contributed by atoms with Crippen molar-refractivity contribution in [3.8, 4) is 0 Å². The van der Waals surface area contributed by atoms with Gasteiger partial charge in [-0.1, -0.05) is 126 Å². The molecule has 0 atom stereocenters. The zero-order chi connectivity index (χ0) is 20.5. The highest BCUT2D eigenvalue weighted by Gasteiger charge is 2.30. The normalized spacial score (nSPS) is 12.0. The second-order valence-corrected chi connectivity index (χ2v) is 7.65. The van der Waals surface area contributed by atoms with E-state index in [4.69, 9.17) is 0 Å². The Morgan fingerprint density at radius 3 is 1.03 bits per heavy atom. The minimum absolute atomic E-state index is 1.22. The molecule has 5 rings (SSSR count). The molecule has 4 aromatic rings. The molecule has 4 aromatic carbocycles. The molecule has 1 heterocycles. The van der Waals surface area contributed by atoms with E-state index in [2.05, 4.69) is 137 Å². The summed E-state index contributed by atoms with van der Waals surface area (Å²) in [5, 5.41) is 5.06. The summed E-state index contributed by atoms with van der Waals surface area (Å²) in [6, 6.07) is 43.5. The minimum atomic E-state index is -1.22. The Morgan fingerprint density at radius 1 is 0.500 bits per heavy atom. The summed E-state index contributed by atoms with van der Waals surface area (Å²) in [6.45, 7) is 0. The summed E-state index contributed by atoms with van der Waals surface area (Å²) >= 11 is 1.30. The monoisotopic (exact) mass is 404 g/mol. The first-order valence-electron chi connectivity index (χ1n) is 9.93. The molecule has 0 bridgehead atoms. The number of hydrogen-bond donors (Lipinski definition) is 0. The quantitative estimate of drug-likeness (QED) is 0.280. The number of hydrogen-bond acceptors (Lipinski definition) is 3. The number of rotatable bonds is 4. The summed E-state index contributed by atoms with van der Waals surface area (Å²) in [6.07, 6.45) is 1.30. The lowest BCUT2D eigenvalue weighted by Gasteiger charge is -2.44. The Bertz CT molecular complexity index is 925. The molecule has 0 aromatic heterocycles. The molecule has 0 aliphatic carbocycles. The Morgan fingerprint density at radius 2 is 0.833 bits per heavy atom. The van der Waals surface area contributed by atoms with Gasteiger partial charge in [-0.05, 0) is 0 Å². The maximum atomic E-state index is 3.46. The van der Waals surface area contributed by atoms with Crippen molar-refractivity contribution in [2.45, 2.75) is 0 Å². The largest absolute Gasteiger partial charge is 0.432 e. The maximum Gasteiger partial charge on any atom is 0.432 e. The van der Waals surface area contributed by atoms with Gasteiger partial charge in [-0.25, -0.2) is 0 Å². The molecule has 0 saturated carbocycles. The number of benzene rings is 4. The highest BCUT2D eigenvalue weighted by Crippen LogP contribution is 2.10. The van der Waals surface area contributed by atoms with Crippen LogP contribution in [0.15, 0.2) is 136 Å². The van der Waals surface area contributed by atoms with E-state index in [1.54, 1.807) is 5.41 Å². The molecule has 1 aliphatic rings. The molecule has 0 unspecified atom stereocenters. The van der Waals surface area contributed by atoms with Crippen molar-refractivity contribution in [2.24, 2.45) is 9.63 Å². The van der Waals surface area contributed by atoms with Gasteiger partial charge in [0.05, 0.1) is 11.9 Å². The van der Waals surface area contributed by atoms with Crippen LogP contribution in [0.4, 0.5) is 0 Å². The summed E-state index contributed by atoms with van der Waals surface area (Å²) in [5.74, 6) is 0. The van der Waals surface area contributed by atoms with Crippen LogP contribution in [0.3, 0.4) is 0 Å². The number of nitrogens with zero attached hydrogens (tertiary/aromatic N) is 2. The predicted octanol–water partition coefficient (Wildman–Crippen LogP) is 4.44. The highest BCUT2D eigenvalue weighted by atomic mass is 32.2. The fourth-order valence-corrected chi connectivity index (χ4v) is 4.48. The molecule has 0 radical (unpaired) electrons. The third kappa shape index (κ3) is 4.11. The third-order valence-corrected chi connectivity index (χ3v) is 5.84. The van der Waals surface area contributed by atoms with Crippen molar-refractivity contribution >= 4 is 39.9 Å². The van der Waals surface area contributed by atoms with Gasteiger partial charge in [-0.3, -0.25) is 0 Å². The van der Waals surface area contributed by atoms with E-state index in [-0.39, 0.29) is 0 Å². The molecule has 0 amide bonds. The lowest BCUT2D eigenvalue weighted by atomic mass is 9.13. The molecule has 0 saturated heterocycles. The standard InChI is InChI=1S/C24H20B.C2HN2S/c1-5-13-21(14-6-1)25(22-15-7-2-8-16-22,23-17-9-3-10-18-23)24-19-11-4-12-20-24;1-2-5-4-3-1/h1-20H;2H/q-1;+1. The molecule has 1 aliphatic heterocycles. The predicted molar refractivity (Wildman–Crippen MR) is 130 cm³/mol. The molecule has 4 heteroatoms. The maximum absolute atomic E-state index is 3.46. The van der Waals surface area contributed by atoms with E-state index in [9.17, 15) is 0 Å². The van der Waals surface area contributed by atoms with E-state index in [1.807, 2.05) is 0 Å². The smallest absolute Gasteiger partial charge is 0.195 e. The van der Waals surface area contributed by atoms with Gasteiger partial charge in [0.15, 0.2) is 0 Å². The van der Waals surface area contributed by atoms with Crippen molar-refractivity contribution in [2.75, 3.05) is 0 Å². The average Bonchev–Trinajstić information content (AvgIpc) is 3.43. The van der Waals surface area contributed by atoms with Crippen molar-refractivity contribution < 1.29 is 0 Å².